The SMILES string of the molecule is CC(=O)Nc1cc(N(CCCCS(=O)(=O)O)CCCCS(=O)(=O)O)ccc1N=Nc1c(C#N)c(-c2ccccc2)nn1-c1c(Cl)cc(S(=O)(=O)O)cc1Cl. The van der Waals surface area contributed by atoms with Crippen LogP contribution in [0.2, 0.25) is 10.0 Å². The van der Waals surface area contributed by atoms with Gasteiger partial charge in [0, 0.05) is 31.3 Å². The monoisotopic (exact) mass is 841 g/mol. The van der Waals surface area contributed by atoms with Crippen LogP contribution >= 0.6 is 23.2 Å². The quantitative estimate of drug-likeness (QED) is 0.0505. The number of halogens is 2. The van der Waals surface area contributed by atoms with Gasteiger partial charge in [-0.25, -0.2) is 4.68 Å². The zero-order valence-corrected chi connectivity index (χ0v) is 32.3. The fraction of sp³-hybridized carbons (Fsp3) is 0.281. The maximum Gasteiger partial charge on any atom is 0.294 e. The number of aromatic nitrogens is 2. The molecule has 0 atom stereocenters. The summed E-state index contributed by atoms with van der Waals surface area (Å²) in [6.07, 6.45) is 0.876. The highest BCUT2D eigenvalue weighted by Gasteiger charge is 2.25. The molecule has 0 aliphatic rings. The van der Waals surface area contributed by atoms with E-state index in [9.17, 15) is 39.9 Å². The number of nitrogens with one attached hydrogen (secondary N) is 1. The molecule has 54 heavy (non-hydrogen) atoms. The average Bonchev–Trinajstić information content (AvgIpc) is 3.43. The first-order valence-corrected chi connectivity index (χ1v) is 21.2. The predicted octanol–water partition coefficient (Wildman–Crippen LogP) is 6.48. The molecule has 4 aromatic rings. The lowest BCUT2D eigenvalue weighted by molar-refractivity contribution is -0.114. The summed E-state index contributed by atoms with van der Waals surface area (Å²) in [6, 6.07) is 17.2. The van der Waals surface area contributed by atoms with Crippen LogP contribution in [0.5, 0.6) is 0 Å². The van der Waals surface area contributed by atoms with Crippen LogP contribution in [0.25, 0.3) is 16.9 Å². The van der Waals surface area contributed by atoms with Gasteiger partial charge in [-0.15, -0.1) is 10.2 Å². The first-order chi connectivity index (χ1) is 25.3. The van der Waals surface area contributed by atoms with Crippen molar-refractivity contribution >= 4 is 82.3 Å². The highest BCUT2D eigenvalue weighted by atomic mass is 35.5. The van der Waals surface area contributed by atoms with E-state index in [0.717, 1.165) is 16.8 Å². The molecular weight excluding hydrogens is 809 g/mol. The zero-order chi connectivity index (χ0) is 39.8. The Morgan fingerprint density at radius 3 is 1.94 bits per heavy atom. The normalized spacial score (nSPS) is 12.2. The molecular formula is C32H33Cl2N7O10S3. The van der Waals surface area contributed by atoms with Gasteiger partial charge in [0.05, 0.1) is 32.1 Å². The van der Waals surface area contributed by atoms with E-state index in [1.165, 1.54) is 13.0 Å². The summed E-state index contributed by atoms with van der Waals surface area (Å²) in [4.78, 5) is 13.5. The minimum absolute atomic E-state index is 0.0744. The minimum Gasteiger partial charge on any atom is -0.371 e. The number of rotatable bonds is 17. The molecule has 1 heterocycles. The van der Waals surface area contributed by atoms with Gasteiger partial charge in [-0.1, -0.05) is 53.5 Å². The van der Waals surface area contributed by atoms with Crippen molar-refractivity contribution in [2.45, 2.75) is 37.5 Å². The Kier molecular flexibility index (Phi) is 13.9. The van der Waals surface area contributed by atoms with E-state index in [1.807, 2.05) is 0 Å². The van der Waals surface area contributed by atoms with Crippen LogP contribution in [0, 0.1) is 11.3 Å². The second kappa shape index (κ2) is 17.8. The van der Waals surface area contributed by atoms with E-state index >= 15 is 0 Å². The number of carbonyl (C=O) groups is 1. The van der Waals surface area contributed by atoms with Crippen molar-refractivity contribution in [3.8, 4) is 23.0 Å². The summed E-state index contributed by atoms with van der Waals surface area (Å²) in [5.41, 5.74) is 1.26. The number of amides is 1. The molecule has 17 nitrogen and oxygen atoms in total. The van der Waals surface area contributed by atoms with Crippen molar-refractivity contribution in [3.63, 3.8) is 0 Å². The number of unbranched alkanes of at least 4 members (excludes halogenated alkanes) is 2. The Morgan fingerprint density at radius 1 is 0.870 bits per heavy atom. The summed E-state index contributed by atoms with van der Waals surface area (Å²) < 4.78 is 97.5. The van der Waals surface area contributed by atoms with E-state index in [0.29, 0.717) is 24.1 Å². The lowest BCUT2D eigenvalue weighted by atomic mass is 10.1. The Hall–Kier alpha value is -4.46. The van der Waals surface area contributed by atoms with Crippen molar-refractivity contribution in [1.29, 1.82) is 5.26 Å². The maximum absolute atomic E-state index is 12.3. The van der Waals surface area contributed by atoms with Gasteiger partial charge >= 0.3 is 0 Å². The standard InChI is InChI=1S/C32H33Cl2N7O10S3/c1-21(42)36-29-17-23(40(13-5-7-15-52(43,44)45)14-6-8-16-53(46,47)48)11-12-28(29)37-38-32-25(20-35)30(22-9-3-2-4-10-22)39-41(32)31-26(33)18-24(19-27(31)34)54(49,50)51/h2-4,9-12,17-19H,5-8,13-16H2,1H3,(H,36,42)(H,43,44,45)(H,46,47,48)(H,49,50,51). The van der Waals surface area contributed by atoms with Crippen molar-refractivity contribution < 1.29 is 43.7 Å². The predicted molar refractivity (Wildman–Crippen MR) is 202 cm³/mol. The van der Waals surface area contributed by atoms with Crippen molar-refractivity contribution in [2.75, 3.05) is 34.8 Å². The number of hydrogen-bond donors (Lipinski definition) is 4. The lowest BCUT2D eigenvalue weighted by Gasteiger charge is -2.26. The molecule has 0 saturated heterocycles. The Balaban J connectivity index is 1.81. The number of carbonyl (C=O) groups excluding carboxylic acids is 1. The van der Waals surface area contributed by atoms with Gasteiger partial charge in [-0.05, 0) is 56.0 Å². The molecule has 22 heteroatoms. The fourth-order valence-corrected chi connectivity index (χ4v) is 7.64. The number of hydrogen-bond acceptors (Lipinski definition) is 12. The first-order valence-electron chi connectivity index (χ1n) is 15.8. The number of nitrogens with zero attached hydrogens (tertiary/aromatic N) is 6. The summed E-state index contributed by atoms with van der Waals surface area (Å²) >= 11 is 12.9. The maximum atomic E-state index is 12.3. The Bertz CT molecular complexity index is 2370. The molecule has 4 rings (SSSR count). The minimum atomic E-state index is -4.70. The highest BCUT2D eigenvalue weighted by molar-refractivity contribution is 7.86. The lowest BCUT2D eigenvalue weighted by Crippen LogP contribution is -2.26. The van der Waals surface area contributed by atoms with Gasteiger partial charge in [-0.3, -0.25) is 18.5 Å². The van der Waals surface area contributed by atoms with Gasteiger partial charge in [0.15, 0.2) is 5.82 Å². The third-order valence-electron chi connectivity index (χ3n) is 7.59. The Morgan fingerprint density at radius 2 is 1.44 bits per heavy atom. The van der Waals surface area contributed by atoms with Crippen molar-refractivity contribution in [1.82, 2.24) is 9.78 Å². The average molecular weight is 843 g/mol. The van der Waals surface area contributed by atoms with Crippen molar-refractivity contribution in [3.05, 3.63) is 76.3 Å². The smallest absolute Gasteiger partial charge is 0.294 e. The van der Waals surface area contributed by atoms with Crippen LogP contribution in [0.15, 0.2) is 75.8 Å². The highest BCUT2D eigenvalue weighted by Crippen LogP contribution is 2.40. The third kappa shape index (κ3) is 11.8. The fourth-order valence-electron chi connectivity index (χ4n) is 5.20. The molecule has 1 amide bonds. The molecule has 0 aliphatic carbocycles. The summed E-state index contributed by atoms with van der Waals surface area (Å²) in [6.45, 7) is 1.80. The molecule has 3 aromatic carbocycles. The molecule has 0 bridgehead atoms. The van der Waals surface area contributed by atoms with Gasteiger partial charge in [0.1, 0.15) is 28.7 Å². The van der Waals surface area contributed by atoms with Crippen LogP contribution in [0.1, 0.15) is 38.2 Å². The van der Waals surface area contributed by atoms with Crippen LogP contribution in [-0.4, -0.2) is 79.2 Å². The summed E-state index contributed by atoms with van der Waals surface area (Å²) in [7, 11) is -13.1. The zero-order valence-electron chi connectivity index (χ0n) is 28.3. The van der Waals surface area contributed by atoms with Crippen molar-refractivity contribution in [2.24, 2.45) is 10.2 Å². The molecule has 0 spiro atoms. The van der Waals surface area contributed by atoms with Crippen LogP contribution in [-0.2, 0) is 35.1 Å². The van der Waals surface area contributed by atoms with Gasteiger partial charge in [0.25, 0.3) is 30.4 Å². The molecule has 288 valence electrons. The summed E-state index contributed by atoms with van der Waals surface area (Å²) in [5, 5.41) is 25.6. The molecule has 0 unspecified atom stereocenters. The molecule has 0 aliphatic heterocycles. The molecule has 0 radical (unpaired) electrons. The Labute approximate surface area is 321 Å². The molecule has 0 saturated carbocycles. The summed E-state index contributed by atoms with van der Waals surface area (Å²) in [5.74, 6) is -1.59. The number of azo groups is 1. The largest absolute Gasteiger partial charge is 0.371 e. The second-order valence-electron chi connectivity index (χ2n) is 11.7. The van der Waals surface area contributed by atoms with E-state index in [-0.39, 0.29) is 70.1 Å². The van der Waals surface area contributed by atoms with Gasteiger partial charge < -0.3 is 10.2 Å². The topological polar surface area (TPSA) is 262 Å². The molecule has 1 aromatic heterocycles. The van der Waals surface area contributed by atoms with Crippen LogP contribution in [0.4, 0.5) is 22.9 Å². The first kappa shape index (κ1) is 42.3. The number of anilines is 2. The number of nitriles is 1. The van der Waals surface area contributed by atoms with Crippen LogP contribution < -0.4 is 10.2 Å². The van der Waals surface area contributed by atoms with Gasteiger partial charge in [-0.2, -0.15) is 35.6 Å². The molecule has 4 N–H and O–H groups in total. The number of benzene rings is 3. The van der Waals surface area contributed by atoms with Crippen LogP contribution in [0.3, 0.4) is 0 Å². The van der Waals surface area contributed by atoms with Gasteiger partial charge in [0.2, 0.25) is 5.91 Å². The van der Waals surface area contributed by atoms with E-state index in [1.54, 1.807) is 47.4 Å². The van der Waals surface area contributed by atoms with E-state index < -0.39 is 52.7 Å². The van der Waals surface area contributed by atoms with E-state index in [4.69, 9.17) is 32.3 Å². The molecule has 0 fully saturated rings. The third-order valence-corrected chi connectivity index (χ3v) is 10.6. The second-order valence-corrected chi connectivity index (χ2v) is 17.1. The van der Waals surface area contributed by atoms with E-state index in [2.05, 4.69) is 26.7 Å².